The van der Waals surface area contributed by atoms with Crippen LogP contribution in [0.3, 0.4) is 0 Å². The maximum Gasteiger partial charge on any atom is 0.191 e. The minimum Gasteiger partial charge on any atom is -0.468 e. The van der Waals surface area contributed by atoms with E-state index in [9.17, 15) is 8.78 Å². The third-order valence-corrected chi connectivity index (χ3v) is 4.87. The van der Waals surface area contributed by atoms with Crippen molar-refractivity contribution in [3.63, 3.8) is 0 Å². The van der Waals surface area contributed by atoms with E-state index in [-0.39, 0.29) is 18.0 Å². The zero-order valence-corrected chi connectivity index (χ0v) is 15.5. The van der Waals surface area contributed by atoms with Crippen LogP contribution in [0.4, 0.5) is 8.78 Å². The standard InChI is InChI=1S/C20H26F2N4O/c1-23-20(24-10-9-15-16(21)6-4-7-17(15)22)25-14-18(19-8-5-13-27-19)26-11-2-3-12-26/h4-8,13,18H,2-3,9-12,14H2,1H3,(H2,23,24,25). The molecule has 146 valence electrons. The summed E-state index contributed by atoms with van der Waals surface area (Å²) in [6.07, 6.45) is 4.32. The van der Waals surface area contributed by atoms with E-state index in [0.717, 1.165) is 18.8 Å². The molecule has 0 radical (unpaired) electrons. The lowest BCUT2D eigenvalue weighted by molar-refractivity contribution is 0.215. The molecule has 1 aliphatic heterocycles. The summed E-state index contributed by atoms with van der Waals surface area (Å²) in [6, 6.07) is 7.93. The Balaban J connectivity index is 1.53. The van der Waals surface area contributed by atoms with Crippen molar-refractivity contribution in [3.8, 4) is 0 Å². The Hall–Kier alpha value is -2.41. The van der Waals surface area contributed by atoms with Crippen molar-refractivity contribution in [2.45, 2.75) is 25.3 Å². The maximum absolute atomic E-state index is 13.7. The van der Waals surface area contributed by atoms with Gasteiger partial charge in [-0.05, 0) is 56.6 Å². The molecule has 2 aromatic rings. The van der Waals surface area contributed by atoms with Gasteiger partial charge in [-0.3, -0.25) is 9.89 Å². The van der Waals surface area contributed by atoms with Gasteiger partial charge in [-0.15, -0.1) is 0 Å². The monoisotopic (exact) mass is 376 g/mol. The minimum atomic E-state index is -0.522. The molecule has 1 fully saturated rings. The zero-order valence-electron chi connectivity index (χ0n) is 15.5. The highest BCUT2D eigenvalue weighted by molar-refractivity contribution is 5.79. The Labute approximate surface area is 158 Å². The normalized spacial score (nSPS) is 16.5. The van der Waals surface area contributed by atoms with Crippen molar-refractivity contribution >= 4 is 5.96 Å². The van der Waals surface area contributed by atoms with Crippen LogP contribution in [0.2, 0.25) is 0 Å². The molecule has 0 saturated carbocycles. The van der Waals surface area contributed by atoms with Crippen LogP contribution in [0, 0.1) is 11.6 Å². The lowest BCUT2D eigenvalue weighted by Gasteiger charge is -2.26. The number of halogens is 2. The van der Waals surface area contributed by atoms with Crippen LogP contribution in [-0.4, -0.2) is 44.1 Å². The van der Waals surface area contributed by atoms with E-state index in [4.69, 9.17) is 4.42 Å². The van der Waals surface area contributed by atoms with Crippen LogP contribution in [-0.2, 0) is 6.42 Å². The second-order valence-electron chi connectivity index (χ2n) is 6.60. The smallest absolute Gasteiger partial charge is 0.191 e. The molecule has 1 atom stereocenters. The number of nitrogens with zero attached hydrogens (tertiary/aromatic N) is 2. The topological polar surface area (TPSA) is 52.8 Å². The van der Waals surface area contributed by atoms with E-state index in [1.165, 1.54) is 31.0 Å². The van der Waals surface area contributed by atoms with E-state index in [1.54, 1.807) is 13.3 Å². The molecule has 2 N–H and O–H groups in total. The first-order valence-electron chi connectivity index (χ1n) is 9.34. The summed E-state index contributed by atoms with van der Waals surface area (Å²) in [7, 11) is 1.68. The number of benzene rings is 1. The van der Waals surface area contributed by atoms with E-state index in [0.29, 0.717) is 19.0 Å². The van der Waals surface area contributed by atoms with Crippen molar-refractivity contribution in [2.24, 2.45) is 4.99 Å². The van der Waals surface area contributed by atoms with Gasteiger partial charge in [-0.1, -0.05) is 6.07 Å². The average molecular weight is 376 g/mol. The number of aliphatic imine (C=N–C) groups is 1. The molecule has 1 aromatic heterocycles. The first-order chi connectivity index (χ1) is 13.2. The molecular weight excluding hydrogens is 350 g/mol. The molecule has 2 heterocycles. The number of hydrogen-bond acceptors (Lipinski definition) is 3. The van der Waals surface area contributed by atoms with Gasteiger partial charge >= 0.3 is 0 Å². The highest BCUT2D eigenvalue weighted by Crippen LogP contribution is 2.24. The van der Waals surface area contributed by atoms with Crippen molar-refractivity contribution in [2.75, 3.05) is 33.2 Å². The summed E-state index contributed by atoms with van der Waals surface area (Å²) in [5, 5.41) is 6.42. The molecule has 1 aliphatic rings. The van der Waals surface area contributed by atoms with Gasteiger partial charge < -0.3 is 15.1 Å². The summed E-state index contributed by atoms with van der Waals surface area (Å²) < 4.78 is 33.0. The fourth-order valence-electron chi connectivity index (χ4n) is 3.43. The van der Waals surface area contributed by atoms with Gasteiger partial charge in [-0.25, -0.2) is 8.78 Å². The van der Waals surface area contributed by atoms with E-state index in [2.05, 4.69) is 20.5 Å². The predicted octanol–water partition coefficient (Wildman–Crippen LogP) is 3.10. The molecule has 7 heteroatoms. The van der Waals surface area contributed by atoms with E-state index < -0.39 is 11.6 Å². The highest BCUT2D eigenvalue weighted by atomic mass is 19.1. The number of furan rings is 1. The molecule has 0 spiro atoms. The highest BCUT2D eigenvalue weighted by Gasteiger charge is 2.25. The van der Waals surface area contributed by atoms with Crippen molar-refractivity contribution in [1.29, 1.82) is 0 Å². The van der Waals surface area contributed by atoms with Gasteiger partial charge in [0, 0.05) is 25.7 Å². The molecule has 0 bridgehead atoms. The first kappa shape index (κ1) is 19.4. The fraction of sp³-hybridized carbons (Fsp3) is 0.450. The van der Waals surface area contributed by atoms with Crippen LogP contribution in [0.5, 0.6) is 0 Å². The van der Waals surface area contributed by atoms with Crippen LogP contribution in [0.15, 0.2) is 46.0 Å². The van der Waals surface area contributed by atoms with Crippen LogP contribution >= 0.6 is 0 Å². The van der Waals surface area contributed by atoms with Gasteiger partial charge in [0.15, 0.2) is 5.96 Å². The largest absolute Gasteiger partial charge is 0.468 e. The molecule has 27 heavy (non-hydrogen) atoms. The summed E-state index contributed by atoms with van der Waals surface area (Å²) in [6.45, 7) is 3.12. The molecule has 0 aliphatic carbocycles. The van der Waals surface area contributed by atoms with E-state index in [1.807, 2.05) is 12.1 Å². The summed E-state index contributed by atoms with van der Waals surface area (Å²) in [4.78, 5) is 6.60. The fourth-order valence-corrected chi connectivity index (χ4v) is 3.43. The Morgan fingerprint density at radius 3 is 2.52 bits per heavy atom. The summed E-state index contributed by atoms with van der Waals surface area (Å²) >= 11 is 0. The Morgan fingerprint density at radius 2 is 1.89 bits per heavy atom. The SMILES string of the molecule is CN=C(NCCc1c(F)cccc1F)NCC(c1ccco1)N1CCCC1. The van der Waals surface area contributed by atoms with Crippen LogP contribution in [0.1, 0.15) is 30.2 Å². The number of likely N-dealkylation sites (tertiary alicyclic amines) is 1. The number of rotatable bonds is 7. The summed E-state index contributed by atoms with van der Waals surface area (Å²) in [5.74, 6) is 0.481. The third kappa shape index (κ3) is 5.07. The lowest BCUT2D eigenvalue weighted by atomic mass is 10.1. The summed E-state index contributed by atoms with van der Waals surface area (Å²) in [5.41, 5.74) is 0.0889. The van der Waals surface area contributed by atoms with Crippen LogP contribution < -0.4 is 10.6 Å². The molecular formula is C20H26F2N4O. The molecule has 5 nitrogen and oxygen atoms in total. The zero-order chi connectivity index (χ0) is 19.1. The molecule has 1 unspecified atom stereocenters. The molecule has 0 amide bonds. The quantitative estimate of drug-likeness (QED) is 0.576. The van der Waals surface area contributed by atoms with Gasteiger partial charge in [0.2, 0.25) is 0 Å². The van der Waals surface area contributed by atoms with Gasteiger partial charge in [0.1, 0.15) is 17.4 Å². The maximum atomic E-state index is 13.7. The molecule has 1 aromatic carbocycles. The minimum absolute atomic E-state index is 0.0889. The van der Waals surface area contributed by atoms with Crippen molar-refractivity contribution < 1.29 is 13.2 Å². The third-order valence-electron chi connectivity index (χ3n) is 4.87. The number of hydrogen-bond donors (Lipinski definition) is 2. The molecule has 1 saturated heterocycles. The Bertz CT molecular complexity index is 722. The predicted molar refractivity (Wildman–Crippen MR) is 102 cm³/mol. The molecule has 3 rings (SSSR count). The first-order valence-corrected chi connectivity index (χ1v) is 9.34. The average Bonchev–Trinajstić information content (AvgIpc) is 3.37. The van der Waals surface area contributed by atoms with Gasteiger partial charge in [-0.2, -0.15) is 0 Å². The van der Waals surface area contributed by atoms with Crippen molar-refractivity contribution in [3.05, 3.63) is 59.6 Å². The lowest BCUT2D eigenvalue weighted by Crippen LogP contribution is -2.43. The van der Waals surface area contributed by atoms with E-state index >= 15 is 0 Å². The number of nitrogens with one attached hydrogen (secondary N) is 2. The van der Waals surface area contributed by atoms with Crippen LogP contribution in [0.25, 0.3) is 0 Å². The van der Waals surface area contributed by atoms with Gasteiger partial charge in [0.25, 0.3) is 0 Å². The van der Waals surface area contributed by atoms with Gasteiger partial charge in [0.05, 0.1) is 12.3 Å². The Kier molecular flexibility index (Phi) is 6.81. The van der Waals surface area contributed by atoms with Crippen molar-refractivity contribution in [1.82, 2.24) is 15.5 Å². The second-order valence-corrected chi connectivity index (χ2v) is 6.60. The number of guanidine groups is 1. The Morgan fingerprint density at radius 1 is 1.15 bits per heavy atom. The second kappa shape index (κ2) is 9.50.